The van der Waals surface area contributed by atoms with Gasteiger partial charge in [0.1, 0.15) is 9.84 Å². The molecule has 0 spiro atoms. The van der Waals surface area contributed by atoms with Gasteiger partial charge in [-0.2, -0.15) is 0 Å². The minimum absolute atomic E-state index is 0.0215. The summed E-state index contributed by atoms with van der Waals surface area (Å²) in [4.78, 5) is 1.14. The van der Waals surface area contributed by atoms with Gasteiger partial charge in [-0.3, -0.25) is 0 Å². The van der Waals surface area contributed by atoms with Gasteiger partial charge >= 0.3 is 0 Å². The highest BCUT2D eigenvalue weighted by atomic mass is 79.9. The first kappa shape index (κ1) is 12.5. The molecule has 6 heteroatoms. The van der Waals surface area contributed by atoms with Crippen LogP contribution in [0.3, 0.4) is 0 Å². The normalized spacial score (nSPS) is 23.1. The highest BCUT2D eigenvalue weighted by Crippen LogP contribution is 2.34. The van der Waals surface area contributed by atoms with Crippen molar-refractivity contribution in [1.82, 2.24) is 0 Å². The Morgan fingerprint density at radius 2 is 2.00 bits per heavy atom. The predicted octanol–water partition coefficient (Wildman–Crippen LogP) is 2.34. The second-order valence-electron chi connectivity index (χ2n) is 4.16. The van der Waals surface area contributed by atoms with Crippen molar-refractivity contribution in [2.45, 2.75) is 18.9 Å². The third-order valence-electron chi connectivity index (χ3n) is 3.03. The molecule has 0 saturated carbocycles. The van der Waals surface area contributed by atoms with E-state index in [0.29, 0.717) is 18.8 Å². The third-order valence-corrected chi connectivity index (χ3v) is 6.47. The van der Waals surface area contributed by atoms with E-state index in [1.54, 1.807) is 11.3 Å². The zero-order valence-corrected chi connectivity index (χ0v) is 11.9. The van der Waals surface area contributed by atoms with E-state index in [2.05, 4.69) is 15.9 Å². The second-order valence-corrected chi connectivity index (χ2v) is 8.96. The van der Waals surface area contributed by atoms with Gasteiger partial charge in [-0.1, -0.05) is 0 Å². The van der Waals surface area contributed by atoms with Crippen LogP contribution in [0, 0.1) is 5.92 Å². The average molecular weight is 324 g/mol. The molecule has 3 nitrogen and oxygen atoms in total. The summed E-state index contributed by atoms with van der Waals surface area (Å²) in [5.74, 6) is 0.879. The van der Waals surface area contributed by atoms with Gasteiger partial charge in [-0.05, 0) is 46.8 Å². The van der Waals surface area contributed by atoms with Crippen LogP contribution in [0.2, 0.25) is 0 Å². The quantitative estimate of drug-likeness (QED) is 0.908. The molecule has 2 N–H and O–H groups in total. The van der Waals surface area contributed by atoms with Gasteiger partial charge in [0.25, 0.3) is 0 Å². The Balaban J connectivity index is 2.04. The minimum atomic E-state index is -2.79. The molecule has 0 amide bonds. The molecule has 1 aliphatic rings. The SMILES string of the molecule is NC(c1ccc(Br)s1)C1CCS(=O)(=O)CC1. The van der Waals surface area contributed by atoms with Crippen molar-refractivity contribution >= 4 is 37.1 Å². The zero-order chi connectivity index (χ0) is 11.8. The highest BCUT2D eigenvalue weighted by molar-refractivity contribution is 9.11. The summed E-state index contributed by atoms with van der Waals surface area (Å²) in [7, 11) is -2.79. The molecule has 1 unspecified atom stereocenters. The lowest BCUT2D eigenvalue weighted by Gasteiger charge is -2.26. The Morgan fingerprint density at radius 3 is 2.50 bits per heavy atom. The molecule has 1 atom stereocenters. The monoisotopic (exact) mass is 323 g/mol. The third kappa shape index (κ3) is 2.85. The Bertz CT molecular complexity index is 455. The van der Waals surface area contributed by atoms with Crippen LogP contribution in [0.25, 0.3) is 0 Å². The molecular formula is C10H14BrNO2S2. The van der Waals surface area contributed by atoms with Gasteiger partial charge in [0, 0.05) is 10.9 Å². The topological polar surface area (TPSA) is 60.2 Å². The minimum Gasteiger partial charge on any atom is -0.323 e. The second kappa shape index (κ2) is 4.76. The maximum atomic E-state index is 11.3. The number of nitrogens with two attached hydrogens (primary N) is 1. The van der Waals surface area contributed by atoms with E-state index in [0.717, 1.165) is 8.66 Å². The van der Waals surface area contributed by atoms with E-state index < -0.39 is 9.84 Å². The smallest absolute Gasteiger partial charge is 0.150 e. The summed E-state index contributed by atoms with van der Waals surface area (Å²) in [6.07, 6.45) is 1.39. The molecule has 0 aliphatic carbocycles. The van der Waals surface area contributed by atoms with Crippen molar-refractivity contribution in [1.29, 1.82) is 0 Å². The first-order valence-electron chi connectivity index (χ1n) is 5.19. The van der Waals surface area contributed by atoms with E-state index in [9.17, 15) is 8.42 Å². The standard InChI is InChI=1S/C10H14BrNO2S2/c11-9-2-1-8(15-9)10(12)7-3-5-16(13,14)6-4-7/h1-2,7,10H,3-6,12H2. The summed E-state index contributed by atoms with van der Waals surface area (Å²) >= 11 is 5.04. The molecule has 1 saturated heterocycles. The van der Waals surface area contributed by atoms with Crippen molar-refractivity contribution in [3.8, 4) is 0 Å². The van der Waals surface area contributed by atoms with Crippen molar-refractivity contribution < 1.29 is 8.42 Å². The van der Waals surface area contributed by atoms with E-state index in [4.69, 9.17) is 5.73 Å². The maximum absolute atomic E-state index is 11.3. The fraction of sp³-hybridized carbons (Fsp3) is 0.600. The van der Waals surface area contributed by atoms with Crippen molar-refractivity contribution in [2.75, 3.05) is 11.5 Å². The molecule has 1 aromatic rings. The molecule has 16 heavy (non-hydrogen) atoms. The molecule has 2 heterocycles. The van der Waals surface area contributed by atoms with Gasteiger partial charge in [0.15, 0.2) is 0 Å². The highest BCUT2D eigenvalue weighted by Gasteiger charge is 2.28. The van der Waals surface area contributed by atoms with Crippen LogP contribution >= 0.6 is 27.3 Å². The molecule has 0 radical (unpaired) electrons. The van der Waals surface area contributed by atoms with Crippen LogP contribution in [0.1, 0.15) is 23.8 Å². The number of hydrogen-bond donors (Lipinski definition) is 1. The molecule has 0 aromatic carbocycles. The lowest BCUT2D eigenvalue weighted by molar-refractivity contribution is 0.396. The fourth-order valence-corrected chi connectivity index (χ4v) is 5.05. The Labute approximate surface area is 108 Å². The Kier molecular flexibility index (Phi) is 3.73. The largest absolute Gasteiger partial charge is 0.323 e. The van der Waals surface area contributed by atoms with E-state index >= 15 is 0 Å². The lowest BCUT2D eigenvalue weighted by atomic mass is 9.93. The molecule has 1 aliphatic heterocycles. The number of thiophene rings is 1. The maximum Gasteiger partial charge on any atom is 0.150 e. The van der Waals surface area contributed by atoms with Gasteiger partial charge in [-0.25, -0.2) is 8.42 Å². The van der Waals surface area contributed by atoms with Crippen LogP contribution in [0.5, 0.6) is 0 Å². The number of hydrogen-bond acceptors (Lipinski definition) is 4. The molecule has 90 valence electrons. The zero-order valence-electron chi connectivity index (χ0n) is 8.73. The number of rotatable bonds is 2. The van der Waals surface area contributed by atoms with Crippen LogP contribution < -0.4 is 5.73 Å². The first-order chi connectivity index (χ1) is 7.48. The molecule has 1 fully saturated rings. The Hall–Kier alpha value is 0.0900. The van der Waals surface area contributed by atoms with E-state index in [-0.39, 0.29) is 17.5 Å². The van der Waals surface area contributed by atoms with Crippen molar-refractivity contribution in [3.05, 3.63) is 20.8 Å². The van der Waals surface area contributed by atoms with Gasteiger partial charge < -0.3 is 5.73 Å². The first-order valence-corrected chi connectivity index (χ1v) is 8.62. The lowest BCUT2D eigenvalue weighted by Crippen LogP contribution is -2.30. The molecule has 2 rings (SSSR count). The average Bonchev–Trinajstić information content (AvgIpc) is 2.64. The van der Waals surface area contributed by atoms with Gasteiger partial charge in [0.05, 0.1) is 15.3 Å². The van der Waals surface area contributed by atoms with Gasteiger partial charge in [0.2, 0.25) is 0 Å². The van der Waals surface area contributed by atoms with Crippen LogP contribution in [-0.2, 0) is 9.84 Å². The summed E-state index contributed by atoms with van der Waals surface area (Å²) in [5, 5.41) is 0. The Morgan fingerprint density at radius 1 is 1.38 bits per heavy atom. The van der Waals surface area contributed by atoms with Crippen molar-refractivity contribution in [3.63, 3.8) is 0 Å². The summed E-state index contributed by atoms with van der Waals surface area (Å²) in [5.41, 5.74) is 6.17. The predicted molar refractivity (Wildman–Crippen MR) is 70.3 cm³/mol. The van der Waals surface area contributed by atoms with E-state index in [1.165, 1.54) is 0 Å². The van der Waals surface area contributed by atoms with Crippen LogP contribution in [0.4, 0.5) is 0 Å². The van der Waals surface area contributed by atoms with Crippen LogP contribution in [0.15, 0.2) is 15.9 Å². The number of sulfone groups is 1. The van der Waals surface area contributed by atoms with Crippen LogP contribution in [-0.4, -0.2) is 19.9 Å². The number of halogens is 1. The molecule has 1 aromatic heterocycles. The molecular weight excluding hydrogens is 310 g/mol. The van der Waals surface area contributed by atoms with Gasteiger partial charge in [-0.15, -0.1) is 11.3 Å². The summed E-state index contributed by atoms with van der Waals surface area (Å²) < 4.78 is 23.7. The molecule has 0 bridgehead atoms. The fourth-order valence-electron chi connectivity index (χ4n) is 2.01. The van der Waals surface area contributed by atoms with E-state index in [1.807, 2.05) is 12.1 Å². The van der Waals surface area contributed by atoms with Crippen molar-refractivity contribution in [2.24, 2.45) is 11.7 Å². The summed E-state index contributed by atoms with van der Waals surface area (Å²) in [6, 6.07) is 3.98. The summed E-state index contributed by atoms with van der Waals surface area (Å²) in [6.45, 7) is 0.